The summed E-state index contributed by atoms with van der Waals surface area (Å²) in [6, 6.07) is 8.15. The van der Waals surface area contributed by atoms with E-state index in [1.807, 2.05) is 42.4 Å². The highest BCUT2D eigenvalue weighted by Gasteiger charge is 2.25. The topological polar surface area (TPSA) is 33.1 Å². The number of pyridine rings is 1. The molecule has 1 aromatic carbocycles. The molecule has 0 radical (unpaired) electrons. The fraction of sp³-hybridized carbons (Fsp3) is 0.400. The molecule has 0 spiro atoms. The summed E-state index contributed by atoms with van der Waals surface area (Å²) in [6.45, 7) is 0. The van der Waals surface area contributed by atoms with Crippen LogP contribution in [0.15, 0.2) is 36.7 Å². The summed E-state index contributed by atoms with van der Waals surface area (Å²) in [5, 5.41) is 13.1. The van der Waals surface area contributed by atoms with Crippen molar-refractivity contribution < 1.29 is 5.11 Å². The molecule has 0 bridgehead atoms. The average molecular weight is 259 g/mol. The maximum Gasteiger partial charge on any atom is 0.0929 e. The highest BCUT2D eigenvalue weighted by Crippen LogP contribution is 2.36. The van der Waals surface area contributed by atoms with Crippen LogP contribution in [0.5, 0.6) is 0 Å². The van der Waals surface area contributed by atoms with Crippen LogP contribution in [0.3, 0.4) is 0 Å². The molecule has 1 saturated heterocycles. The first-order chi connectivity index (χ1) is 8.86. The Bertz CT molecular complexity index is 532. The zero-order valence-electron chi connectivity index (χ0n) is 10.2. The number of thioether (sulfide) groups is 1. The number of hydrogen-bond donors (Lipinski definition) is 1. The number of nitrogens with zero attached hydrogens (tertiary/aromatic N) is 1. The van der Waals surface area contributed by atoms with Gasteiger partial charge in [0.1, 0.15) is 0 Å². The Labute approximate surface area is 111 Å². The van der Waals surface area contributed by atoms with Crippen molar-refractivity contribution in [3.8, 4) is 0 Å². The molecule has 18 heavy (non-hydrogen) atoms. The summed E-state index contributed by atoms with van der Waals surface area (Å²) in [5.74, 6) is 1.17. The number of fused-ring (bicyclic) bond motifs is 1. The van der Waals surface area contributed by atoms with Crippen molar-refractivity contribution in [2.45, 2.75) is 30.6 Å². The van der Waals surface area contributed by atoms with Gasteiger partial charge in [-0.2, -0.15) is 11.8 Å². The van der Waals surface area contributed by atoms with Crippen LogP contribution < -0.4 is 0 Å². The number of aliphatic hydroxyl groups excluding tert-OH is 1. The fourth-order valence-electron chi connectivity index (χ4n) is 2.59. The van der Waals surface area contributed by atoms with Gasteiger partial charge in [0, 0.05) is 28.6 Å². The molecule has 1 N–H and O–H groups in total. The molecule has 2 heterocycles. The van der Waals surface area contributed by atoms with Crippen molar-refractivity contribution in [2.24, 2.45) is 0 Å². The minimum atomic E-state index is -0.395. The second-order valence-electron chi connectivity index (χ2n) is 4.80. The predicted molar refractivity (Wildman–Crippen MR) is 76.8 cm³/mol. The Morgan fingerprint density at radius 3 is 2.94 bits per heavy atom. The Balaban J connectivity index is 1.97. The van der Waals surface area contributed by atoms with Crippen molar-refractivity contribution in [3.63, 3.8) is 0 Å². The maximum absolute atomic E-state index is 10.6. The molecular formula is C15H17NOS. The van der Waals surface area contributed by atoms with Gasteiger partial charge in [-0.1, -0.05) is 30.7 Å². The lowest BCUT2D eigenvalue weighted by Crippen LogP contribution is -2.19. The quantitative estimate of drug-likeness (QED) is 0.895. The Morgan fingerprint density at radius 1 is 1.22 bits per heavy atom. The predicted octanol–water partition coefficient (Wildman–Crippen LogP) is 3.55. The molecule has 1 aliphatic rings. The van der Waals surface area contributed by atoms with Crippen LogP contribution in [-0.2, 0) is 0 Å². The summed E-state index contributed by atoms with van der Waals surface area (Å²) in [6.07, 6.45) is 6.90. The summed E-state index contributed by atoms with van der Waals surface area (Å²) in [5.41, 5.74) is 0.979. The monoisotopic (exact) mass is 259 g/mol. The van der Waals surface area contributed by atoms with E-state index in [2.05, 4.69) is 11.1 Å². The van der Waals surface area contributed by atoms with Crippen LogP contribution in [0.25, 0.3) is 10.8 Å². The second kappa shape index (κ2) is 5.29. The van der Waals surface area contributed by atoms with Gasteiger partial charge in [-0.25, -0.2) is 0 Å². The lowest BCUT2D eigenvalue weighted by atomic mass is 9.99. The zero-order chi connectivity index (χ0) is 12.4. The minimum Gasteiger partial charge on any atom is -0.387 e. The minimum absolute atomic E-state index is 0.325. The van der Waals surface area contributed by atoms with Crippen LogP contribution >= 0.6 is 11.8 Å². The first-order valence-electron chi connectivity index (χ1n) is 6.48. The Morgan fingerprint density at radius 2 is 2.11 bits per heavy atom. The van der Waals surface area contributed by atoms with Gasteiger partial charge in [0.05, 0.1) is 6.10 Å². The summed E-state index contributed by atoms with van der Waals surface area (Å²) in [4.78, 5) is 4.26. The first-order valence-corrected chi connectivity index (χ1v) is 7.53. The number of hydrogen-bond acceptors (Lipinski definition) is 3. The van der Waals surface area contributed by atoms with Crippen LogP contribution in [0.1, 0.15) is 30.9 Å². The number of aromatic nitrogens is 1. The summed E-state index contributed by atoms with van der Waals surface area (Å²) >= 11 is 1.90. The largest absolute Gasteiger partial charge is 0.387 e. The Kier molecular flexibility index (Phi) is 3.52. The third-order valence-electron chi connectivity index (χ3n) is 3.58. The molecule has 2 nitrogen and oxygen atoms in total. The van der Waals surface area contributed by atoms with Gasteiger partial charge in [0.25, 0.3) is 0 Å². The van der Waals surface area contributed by atoms with Crippen molar-refractivity contribution in [2.75, 3.05) is 5.75 Å². The van der Waals surface area contributed by atoms with Crippen molar-refractivity contribution in [3.05, 3.63) is 42.2 Å². The number of aliphatic hydroxyl groups is 1. The van der Waals surface area contributed by atoms with E-state index >= 15 is 0 Å². The molecule has 2 aromatic rings. The van der Waals surface area contributed by atoms with E-state index in [0.29, 0.717) is 5.25 Å². The molecule has 1 fully saturated rings. The smallest absolute Gasteiger partial charge is 0.0929 e. The normalized spacial score (nSPS) is 21.9. The van der Waals surface area contributed by atoms with Gasteiger partial charge >= 0.3 is 0 Å². The van der Waals surface area contributed by atoms with E-state index in [4.69, 9.17) is 0 Å². The molecule has 3 heteroatoms. The van der Waals surface area contributed by atoms with Crippen LogP contribution in [0.2, 0.25) is 0 Å². The molecule has 0 aliphatic carbocycles. The van der Waals surface area contributed by atoms with Crippen molar-refractivity contribution in [1.29, 1.82) is 0 Å². The molecule has 94 valence electrons. The molecular weight excluding hydrogens is 242 g/mol. The molecule has 1 aromatic heterocycles. The van der Waals surface area contributed by atoms with Gasteiger partial charge < -0.3 is 5.11 Å². The summed E-state index contributed by atoms with van der Waals surface area (Å²) in [7, 11) is 0. The van der Waals surface area contributed by atoms with Gasteiger partial charge in [-0.3, -0.25) is 4.98 Å². The highest BCUT2D eigenvalue weighted by atomic mass is 32.2. The number of rotatable bonds is 2. The molecule has 2 unspecified atom stereocenters. The van der Waals surface area contributed by atoms with Crippen LogP contribution in [0, 0.1) is 0 Å². The average Bonchev–Trinajstić information content (AvgIpc) is 2.47. The molecule has 3 rings (SSSR count). The molecule has 0 amide bonds. The van der Waals surface area contributed by atoms with Gasteiger partial charge in [0.15, 0.2) is 0 Å². The second-order valence-corrected chi connectivity index (χ2v) is 6.15. The van der Waals surface area contributed by atoms with E-state index in [1.165, 1.54) is 18.6 Å². The molecule has 1 aliphatic heterocycles. The van der Waals surface area contributed by atoms with E-state index in [1.54, 1.807) is 0 Å². The van der Waals surface area contributed by atoms with Gasteiger partial charge in [-0.15, -0.1) is 0 Å². The van der Waals surface area contributed by atoms with Crippen LogP contribution in [0.4, 0.5) is 0 Å². The third-order valence-corrected chi connectivity index (χ3v) is 5.03. The van der Waals surface area contributed by atoms with E-state index < -0.39 is 6.10 Å². The lowest BCUT2D eigenvalue weighted by Gasteiger charge is -2.26. The first kappa shape index (κ1) is 12.0. The van der Waals surface area contributed by atoms with E-state index in [0.717, 1.165) is 22.8 Å². The standard InChI is InChI=1S/C15H17NOS/c17-15(14-7-3-4-8-18-14)13-10-16-9-11-5-1-2-6-12(11)13/h1-2,5-6,9-10,14-15,17H,3-4,7-8H2. The van der Waals surface area contributed by atoms with Crippen molar-refractivity contribution in [1.82, 2.24) is 4.98 Å². The molecule has 2 atom stereocenters. The number of benzene rings is 1. The van der Waals surface area contributed by atoms with Gasteiger partial charge in [-0.05, 0) is 24.0 Å². The van der Waals surface area contributed by atoms with E-state index in [-0.39, 0.29) is 0 Å². The van der Waals surface area contributed by atoms with E-state index in [9.17, 15) is 5.11 Å². The summed E-state index contributed by atoms with van der Waals surface area (Å²) < 4.78 is 0. The fourth-order valence-corrected chi connectivity index (χ4v) is 3.93. The third kappa shape index (κ3) is 2.25. The lowest BCUT2D eigenvalue weighted by molar-refractivity contribution is 0.170. The van der Waals surface area contributed by atoms with Crippen LogP contribution in [-0.4, -0.2) is 21.1 Å². The highest BCUT2D eigenvalue weighted by molar-refractivity contribution is 7.99. The maximum atomic E-state index is 10.6. The van der Waals surface area contributed by atoms with Gasteiger partial charge in [0.2, 0.25) is 0 Å². The SMILES string of the molecule is OC(c1cncc2ccccc12)C1CCCCS1. The molecule has 0 saturated carbocycles. The zero-order valence-corrected chi connectivity index (χ0v) is 11.1. The Hall–Kier alpha value is -1.06. The van der Waals surface area contributed by atoms with Crippen molar-refractivity contribution >= 4 is 22.5 Å².